The lowest BCUT2D eigenvalue weighted by Gasteiger charge is -2.14. The van der Waals surface area contributed by atoms with Gasteiger partial charge in [0.2, 0.25) is 0 Å². The molecule has 0 radical (unpaired) electrons. The van der Waals surface area contributed by atoms with Gasteiger partial charge in [0.25, 0.3) is 0 Å². The molecule has 0 nitrogen and oxygen atoms in total. The van der Waals surface area contributed by atoms with Gasteiger partial charge in [0.15, 0.2) is 0 Å². The Balaban J connectivity index is 2.71. The summed E-state index contributed by atoms with van der Waals surface area (Å²) in [6, 6.07) is 8.70. The first-order valence-corrected chi connectivity index (χ1v) is 5.36. The second kappa shape index (κ2) is 4.99. The molecule has 0 aliphatic carbocycles. The van der Waals surface area contributed by atoms with Crippen molar-refractivity contribution in [2.24, 2.45) is 5.92 Å². The molecular weight excluding hydrogens is 168 g/mol. The van der Waals surface area contributed by atoms with Crippen LogP contribution in [0.4, 0.5) is 0 Å². The van der Waals surface area contributed by atoms with E-state index < -0.39 is 0 Å². The van der Waals surface area contributed by atoms with Crippen LogP contribution in [0.25, 0.3) is 6.08 Å². The predicted molar refractivity (Wildman–Crippen MR) is 64.4 cm³/mol. The Kier molecular flexibility index (Phi) is 3.94. The van der Waals surface area contributed by atoms with E-state index in [0.29, 0.717) is 5.92 Å². The summed E-state index contributed by atoms with van der Waals surface area (Å²) in [4.78, 5) is 0. The maximum absolute atomic E-state index is 3.75. The van der Waals surface area contributed by atoms with Crippen LogP contribution in [0.3, 0.4) is 0 Å². The van der Waals surface area contributed by atoms with E-state index in [4.69, 9.17) is 0 Å². The zero-order valence-electron chi connectivity index (χ0n) is 9.46. The van der Waals surface area contributed by atoms with Gasteiger partial charge in [-0.3, -0.25) is 0 Å². The summed E-state index contributed by atoms with van der Waals surface area (Å²) in [5.74, 6) is 1.43. The van der Waals surface area contributed by atoms with Crippen LogP contribution < -0.4 is 0 Å². The van der Waals surface area contributed by atoms with Crippen LogP contribution in [-0.4, -0.2) is 0 Å². The monoisotopic (exact) mass is 188 g/mol. The van der Waals surface area contributed by atoms with E-state index in [1.165, 1.54) is 17.5 Å². The van der Waals surface area contributed by atoms with Crippen molar-refractivity contribution in [1.82, 2.24) is 0 Å². The van der Waals surface area contributed by atoms with E-state index >= 15 is 0 Å². The smallest absolute Gasteiger partial charge is 0.0188 e. The normalized spacial score (nSPS) is 12.9. The van der Waals surface area contributed by atoms with Gasteiger partial charge in [0.05, 0.1) is 0 Å². The Hall–Kier alpha value is -1.04. The molecule has 0 saturated heterocycles. The molecule has 0 amide bonds. The van der Waals surface area contributed by atoms with Crippen molar-refractivity contribution in [3.05, 3.63) is 42.0 Å². The maximum Gasteiger partial charge on any atom is -0.0188 e. The van der Waals surface area contributed by atoms with Gasteiger partial charge in [-0.15, -0.1) is 0 Å². The third kappa shape index (κ3) is 3.02. The van der Waals surface area contributed by atoms with E-state index in [1.54, 1.807) is 0 Å². The van der Waals surface area contributed by atoms with Gasteiger partial charge in [-0.1, -0.05) is 57.7 Å². The van der Waals surface area contributed by atoms with Crippen LogP contribution in [0.1, 0.15) is 44.2 Å². The van der Waals surface area contributed by atoms with Crippen LogP contribution in [0.2, 0.25) is 0 Å². The molecule has 0 saturated carbocycles. The van der Waals surface area contributed by atoms with Gasteiger partial charge < -0.3 is 0 Å². The number of hydrogen-bond acceptors (Lipinski definition) is 0. The highest BCUT2D eigenvalue weighted by molar-refractivity contribution is 5.47. The fourth-order valence-electron chi connectivity index (χ4n) is 1.80. The summed E-state index contributed by atoms with van der Waals surface area (Å²) < 4.78 is 0. The molecule has 0 aromatic heterocycles. The molecular formula is C14H20. The highest BCUT2D eigenvalue weighted by atomic mass is 14.1. The fraction of sp³-hybridized carbons (Fsp3) is 0.429. The van der Waals surface area contributed by atoms with Crippen molar-refractivity contribution in [1.29, 1.82) is 0 Å². The minimum Gasteiger partial charge on any atom is -0.0985 e. The van der Waals surface area contributed by atoms with Crippen LogP contribution >= 0.6 is 0 Å². The Labute approximate surface area is 87.7 Å². The Morgan fingerprint density at radius 1 is 1.14 bits per heavy atom. The molecule has 1 unspecified atom stereocenters. The Bertz CT molecular complexity index is 279. The molecule has 1 rings (SSSR count). The summed E-state index contributed by atoms with van der Waals surface area (Å²) in [5, 5.41) is 0. The third-order valence-electron chi connectivity index (χ3n) is 2.57. The third-order valence-corrected chi connectivity index (χ3v) is 2.57. The lowest BCUT2D eigenvalue weighted by molar-refractivity contribution is 0.524. The fourth-order valence-corrected chi connectivity index (χ4v) is 1.80. The van der Waals surface area contributed by atoms with Gasteiger partial charge in [-0.2, -0.15) is 0 Å². The predicted octanol–water partition coefficient (Wildman–Crippen LogP) is 4.48. The summed E-state index contributed by atoms with van der Waals surface area (Å²) in [5.41, 5.74) is 2.63. The molecule has 0 aliphatic heterocycles. The molecule has 1 atom stereocenters. The van der Waals surface area contributed by atoms with Gasteiger partial charge in [0.1, 0.15) is 0 Å². The van der Waals surface area contributed by atoms with Crippen molar-refractivity contribution in [2.45, 2.75) is 33.1 Å². The largest absolute Gasteiger partial charge is 0.0985 e. The number of benzene rings is 1. The van der Waals surface area contributed by atoms with Crippen LogP contribution in [-0.2, 0) is 0 Å². The molecule has 14 heavy (non-hydrogen) atoms. The number of rotatable bonds is 4. The van der Waals surface area contributed by atoms with Crippen molar-refractivity contribution in [2.75, 3.05) is 0 Å². The first-order valence-electron chi connectivity index (χ1n) is 5.36. The van der Waals surface area contributed by atoms with Gasteiger partial charge in [-0.05, 0) is 29.4 Å². The van der Waals surface area contributed by atoms with Crippen molar-refractivity contribution < 1.29 is 0 Å². The van der Waals surface area contributed by atoms with E-state index in [0.717, 1.165) is 5.92 Å². The zero-order chi connectivity index (χ0) is 10.6. The maximum atomic E-state index is 3.75. The average Bonchev–Trinajstić information content (AvgIpc) is 2.17. The zero-order valence-corrected chi connectivity index (χ0v) is 9.46. The molecule has 0 heteroatoms. The highest BCUT2D eigenvalue weighted by Gasteiger charge is 2.06. The lowest BCUT2D eigenvalue weighted by Crippen LogP contribution is -1.98. The summed E-state index contributed by atoms with van der Waals surface area (Å²) >= 11 is 0. The second-order valence-corrected chi connectivity index (χ2v) is 4.40. The molecule has 0 heterocycles. The van der Waals surface area contributed by atoms with Gasteiger partial charge in [-0.25, -0.2) is 0 Å². The molecule has 76 valence electrons. The van der Waals surface area contributed by atoms with Crippen molar-refractivity contribution in [3.63, 3.8) is 0 Å². The lowest BCUT2D eigenvalue weighted by atomic mass is 9.91. The quantitative estimate of drug-likeness (QED) is 0.653. The first kappa shape index (κ1) is 11.0. The van der Waals surface area contributed by atoms with Gasteiger partial charge >= 0.3 is 0 Å². The summed E-state index contributed by atoms with van der Waals surface area (Å²) in [6.45, 7) is 10.6. The molecule has 0 aliphatic rings. The molecule has 1 aromatic carbocycles. The van der Waals surface area contributed by atoms with Crippen molar-refractivity contribution in [3.8, 4) is 0 Å². The minimum atomic E-state index is 0.661. The van der Waals surface area contributed by atoms with E-state index in [-0.39, 0.29) is 0 Å². The molecule has 1 aromatic rings. The second-order valence-electron chi connectivity index (χ2n) is 4.40. The minimum absolute atomic E-state index is 0.661. The average molecular weight is 188 g/mol. The van der Waals surface area contributed by atoms with E-state index in [2.05, 4.69) is 51.6 Å². The van der Waals surface area contributed by atoms with Gasteiger partial charge in [0, 0.05) is 0 Å². The summed E-state index contributed by atoms with van der Waals surface area (Å²) in [6.07, 6.45) is 3.14. The molecule has 0 spiro atoms. The molecule has 0 N–H and O–H groups in total. The Morgan fingerprint density at radius 3 is 2.14 bits per heavy atom. The Morgan fingerprint density at radius 2 is 1.71 bits per heavy atom. The topological polar surface area (TPSA) is 0 Å². The van der Waals surface area contributed by atoms with Crippen LogP contribution in [0.5, 0.6) is 0 Å². The summed E-state index contributed by atoms with van der Waals surface area (Å²) in [7, 11) is 0. The van der Waals surface area contributed by atoms with Crippen LogP contribution in [0.15, 0.2) is 30.8 Å². The van der Waals surface area contributed by atoms with Crippen LogP contribution in [0, 0.1) is 5.92 Å². The number of hydrogen-bond donors (Lipinski definition) is 0. The van der Waals surface area contributed by atoms with E-state index in [1.807, 2.05) is 6.08 Å². The molecule has 0 fully saturated rings. The standard InChI is InChI=1S/C14H20/c1-5-13-6-8-14(9-7-13)12(4)10-11(2)3/h5-9,11-12H,1,10H2,2-4H3. The van der Waals surface area contributed by atoms with E-state index in [9.17, 15) is 0 Å². The SMILES string of the molecule is C=Cc1ccc(C(C)CC(C)C)cc1. The first-order chi connectivity index (χ1) is 6.63. The van der Waals surface area contributed by atoms with Crippen molar-refractivity contribution >= 4 is 6.08 Å². The molecule has 0 bridgehead atoms. The highest BCUT2D eigenvalue weighted by Crippen LogP contribution is 2.23.